The molecule has 0 spiro atoms. The summed E-state index contributed by atoms with van der Waals surface area (Å²) in [6.45, 7) is 2.19. The topological polar surface area (TPSA) is 52.9 Å². The molecule has 2 atom stereocenters. The molecule has 0 aliphatic heterocycles. The van der Waals surface area contributed by atoms with Crippen LogP contribution in [0.2, 0.25) is 0 Å². The van der Waals surface area contributed by atoms with E-state index < -0.39 is 0 Å². The minimum atomic E-state index is -0.0475. The van der Waals surface area contributed by atoms with Gasteiger partial charge in [-0.2, -0.15) is 5.26 Å². The van der Waals surface area contributed by atoms with Gasteiger partial charge in [0.15, 0.2) is 0 Å². The lowest BCUT2D eigenvalue weighted by atomic mass is 9.83. The molecular weight excluding hydrogens is 268 g/mol. The molecule has 0 heterocycles. The highest BCUT2D eigenvalue weighted by Crippen LogP contribution is 2.28. The Labute approximate surface area is 124 Å². The first-order valence-electron chi connectivity index (χ1n) is 7.22. The Kier molecular flexibility index (Phi) is 5.49. The molecule has 2 unspecified atom stereocenters. The molecule has 0 saturated heterocycles. The standard InChI is InChI=1S/C16H20N2OS/c1-2-12-7-3-5-9-14(12)18-16(19)13-8-4-6-10-15(13)20-11-17/h4,6,8,10,12,14H,2-3,5,7,9H2,1H3,(H,18,19). The second-order valence-corrected chi connectivity index (χ2v) is 6.05. The molecule has 1 aromatic rings. The van der Waals surface area contributed by atoms with E-state index in [4.69, 9.17) is 5.26 Å². The number of amides is 1. The van der Waals surface area contributed by atoms with Crippen molar-refractivity contribution in [1.29, 1.82) is 5.26 Å². The van der Waals surface area contributed by atoms with Crippen molar-refractivity contribution in [2.45, 2.75) is 50.0 Å². The Morgan fingerprint density at radius 1 is 1.40 bits per heavy atom. The fourth-order valence-corrected chi connectivity index (χ4v) is 3.44. The van der Waals surface area contributed by atoms with Crippen LogP contribution in [0.25, 0.3) is 0 Å². The van der Waals surface area contributed by atoms with Gasteiger partial charge >= 0.3 is 0 Å². The number of rotatable bonds is 4. The number of carbonyl (C=O) groups excluding carboxylic acids is 1. The molecule has 0 radical (unpaired) electrons. The predicted molar refractivity (Wildman–Crippen MR) is 81.4 cm³/mol. The summed E-state index contributed by atoms with van der Waals surface area (Å²) in [5.41, 5.74) is 0.611. The Morgan fingerprint density at radius 3 is 2.90 bits per heavy atom. The SMILES string of the molecule is CCC1CCCCC1NC(=O)c1ccccc1SC#N. The van der Waals surface area contributed by atoms with Crippen molar-refractivity contribution in [3.05, 3.63) is 29.8 Å². The van der Waals surface area contributed by atoms with Gasteiger partial charge in [-0.25, -0.2) is 0 Å². The molecule has 106 valence electrons. The van der Waals surface area contributed by atoms with Gasteiger partial charge < -0.3 is 5.32 Å². The first-order valence-corrected chi connectivity index (χ1v) is 8.03. The van der Waals surface area contributed by atoms with E-state index in [-0.39, 0.29) is 11.9 Å². The number of nitrogens with zero attached hydrogens (tertiary/aromatic N) is 1. The summed E-state index contributed by atoms with van der Waals surface area (Å²) in [7, 11) is 0. The molecule has 1 amide bonds. The maximum atomic E-state index is 12.4. The third-order valence-corrected chi connectivity index (χ3v) is 4.70. The highest BCUT2D eigenvalue weighted by molar-refractivity contribution is 8.03. The summed E-state index contributed by atoms with van der Waals surface area (Å²) >= 11 is 1.04. The first kappa shape index (κ1) is 14.9. The van der Waals surface area contributed by atoms with E-state index in [1.54, 1.807) is 6.07 Å². The van der Waals surface area contributed by atoms with E-state index in [0.717, 1.165) is 29.5 Å². The van der Waals surface area contributed by atoms with Crippen molar-refractivity contribution >= 4 is 17.7 Å². The van der Waals surface area contributed by atoms with Crippen LogP contribution in [0.5, 0.6) is 0 Å². The molecule has 20 heavy (non-hydrogen) atoms. The molecule has 1 aliphatic rings. The number of nitriles is 1. The fraction of sp³-hybridized carbons (Fsp3) is 0.500. The minimum Gasteiger partial charge on any atom is -0.349 e. The van der Waals surface area contributed by atoms with Gasteiger partial charge in [0.05, 0.1) is 5.56 Å². The third kappa shape index (κ3) is 3.55. The monoisotopic (exact) mass is 288 g/mol. The van der Waals surface area contributed by atoms with Crippen molar-refractivity contribution < 1.29 is 4.79 Å². The van der Waals surface area contributed by atoms with Crippen molar-refractivity contribution in [2.75, 3.05) is 0 Å². The third-order valence-electron chi connectivity index (χ3n) is 4.04. The van der Waals surface area contributed by atoms with E-state index in [2.05, 4.69) is 12.2 Å². The number of hydrogen-bond acceptors (Lipinski definition) is 3. The lowest BCUT2D eigenvalue weighted by Crippen LogP contribution is -2.42. The fourth-order valence-electron chi connectivity index (χ4n) is 2.92. The summed E-state index contributed by atoms with van der Waals surface area (Å²) in [6, 6.07) is 7.58. The number of carbonyl (C=O) groups is 1. The quantitative estimate of drug-likeness (QED) is 0.674. The van der Waals surface area contributed by atoms with Gasteiger partial charge in [0.2, 0.25) is 0 Å². The van der Waals surface area contributed by atoms with Crippen LogP contribution in [0.1, 0.15) is 49.4 Å². The van der Waals surface area contributed by atoms with Crippen LogP contribution < -0.4 is 5.32 Å². The van der Waals surface area contributed by atoms with Crippen LogP contribution >= 0.6 is 11.8 Å². The van der Waals surface area contributed by atoms with Crippen LogP contribution in [0.3, 0.4) is 0 Å². The lowest BCUT2D eigenvalue weighted by molar-refractivity contribution is 0.0902. The molecule has 1 aromatic carbocycles. The maximum absolute atomic E-state index is 12.4. The predicted octanol–water partition coefficient (Wildman–Crippen LogP) is 3.96. The van der Waals surface area contributed by atoms with E-state index in [1.807, 2.05) is 23.6 Å². The van der Waals surface area contributed by atoms with E-state index in [0.29, 0.717) is 11.5 Å². The lowest BCUT2D eigenvalue weighted by Gasteiger charge is -2.31. The molecule has 2 rings (SSSR count). The Bertz CT molecular complexity index is 509. The Balaban J connectivity index is 2.10. The molecule has 3 nitrogen and oxygen atoms in total. The van der Waals surface area contributed by atoms with E-state index in [1.165, 1.54) is 19.3 Å². The average Bonchev–Trinajstić information content (AvgIpc) is 2.48. The Morgan fingerprint density at radius 2 is 2.15 bits per heavy atom. The zero-order chi connectivity index (χ0) is 14.4. The molecule has 1 aliphatic carbocycles. The molecule has 0 bridgehead atoms. The van der Waals surface area contributed by atoms with Crippen LogP contribution in [-0.2, 0) is 0 Å². The molecule has 1 saturated carbocycles. The van der Waals surface area contributed by atoms with Crippen LogP contribution in [0.15, 0.2) is 29.2 Å². The largest absolute Gasteiger partial charge is 0.349 e. The normalized spacial score (nSPS) is 22.0. The van der Waals surface area contributed by atoms with Gasteiger partial charge in [-0.05, 0) is 42.7 Å². The van der Waals surface area contributed by atoms with Gasteiger partial charge in [-0.1, -0.05) is 38.3 Å². The minimum absolute atomic E-state index is 0.0475. The molecular formula is C16H20N2OS. The van der Waals surface area contributed by atoms with Crippen LogP contribution in [0, 0.1) is 16.6 Å². The second-order valence-electron chi connectivity index (χ2n) is 5.22. The molecule has 4 heteroatoms. The summed E-state index contributed by atoms with van der Waals surface area (Å²) < 4.78 is 0. The summed E-state index contributed by atoms with van der Waals surface area (Å²) in [4.78, 5) is 13.2. The first-order chi connectivity index (χ1) is 9.76. The second kappa shape index (κ2) is 7.35. The number of nitrogens with one attached hydrogen (secondary N) is 1. The number of thiocyanates is 1. The highest BCUT2D eigenvalue weighted by Gasteiger charge is 2.25. The molecule has 1 N–H and O–H groups in total. The van der Waals surface area contributed by atoms with Crippen molar-refractivity contribution in [2.24, 2.45) is 5.92 Å². The Hall–Kier alpha value is -1.47. The van der Waals surface area contributed by atoms with Gasteiger partial charge in [0.1, 0.15) is 5.40 Å². The highest BCUT2D eigenvalue weighted by atomic mass is 32.2. The van der Waals surface area contributed by atoms with Gasteiger partial charge in [0.25, 0.3) is 5.91 Å². The molecule has 1 fully saturated rings. The van der Waals surface area contributed by atoms with Gasteiger partial charge in [-0.15, -0.1) is 0 Å². The van der Waals surface area contributed by atoms with Crippen molar-refractivity contribution in [3.63, 3.8) is 0 Å². The van der Waals surface area contributed by atoms with E-state index in [9.17, 15) is 4.79 Å². The zero-order valence-corrected chi connectivity index (χ0v) is 12.6. The van der Waals surface area contributed by atoms with E-state index >= 15 is 0 Å². The smallest absolute Gasteiger partial charge is 0.252 e. The number of thioether (sulfide) groups is 1. The summed E-state index contributed by atoms with van der Waals surface area (Å²) in [5.74, 6) is 0.539. The van der Waals surface area contributed by atoms with Crippen molar-refractivity contribution in [1.82, 2.24) is 5.32 Å². The number of hydrogen-bond donors (Lipinski definition) is 1. The van der Waals surface area contributed by atoms with Crippen LogP contribution in [-0.4, -0.2) is 11.9 Å². The zero-order valence-electron chi connectivity index (χ0n) is 11.8. The van der Waals surface area contributed by atoms with Crippen LogP contribution in [0.4, 0.5) is 0 Å². The van der Waals surface area contributed by atoms with Gasteiger partial charge in [-0.3, -0.25) is 4.79 Å². The summed E-state index contributed by atoms with van der Waals surface area (Å²) in [6.07, 6.45) is 5.84. The summed E-state index contributed by atoms with van der Waals surface area (Å²) in [5, 5.41) is 14.0. The number of benzene rings is 1. The maximum Gasteiger partial charge on any atom is 0.252 e. The van der Waals surface area contributed by atoms with Gasteiger partial charge in [0, 0.05) is 10.9 Å². The molecule has 0 aromatic heterocycles. The van der Waals surface area contributed by atoms with Crippen molar-refractivity contribution in [3.8, 4) is 5.40 Å². The average molecular weight is 288 g/mol.